The fourth-order valence-corrected chi connectivity index (χ4v) is 2.41. The van der Waals surface area contributed by atoms with Crippen molar-refractivity contribution >= 4 is 34.2 Å². The largest absolute Gasteiger partial charge is 0.395 e. The minimum Gasteiger partial charge on any atom is -0.395 e. The summed E-state index contributed by atoms with van der Waals surface area (Å²) in [6.07, 6.45) is 0. The van der Waals surface area contributed by atoms with E-state index in [1.54, 1.807) is 24.3 Å². The molecule has 88 valence electrons. The van der Waals surface area contributed by atoms with Crippen molar-refractivity contribution in [3.05, 3.63) is 44.7 Å². The van der Waals surface area contributed by atoms with E-state index in [2.05, 4.69) is 5.32 Å². The Bertz CT molecular complexity index is 522. The van der Waals surface area contributed by atoms with Crippen molar-refractivity contribution in [2.45, 2.75) is 0 Å². The molecule has 0 atom stereocenters. The Morgan fingerprint density at radius 1 is 1.12 bits per heavy atom. The van der Waals surface area contributed by atoms with E-state index in [4.69, 9.17) is 5.11 Å². The van der Waals surface area contributed by atoms with E-state index in [1.807, 2.05) is 22.6 Å². The van der Waals surface area contributed by atoms with Gasteiger partial charge in [-0.3, -0.25) is 9.59 Å². The molecule has 0 spiro atoms. The topological polar surface area (TPSA) is 66.4 Å². The second kappa shape index (κ2) is 4.97. The van der Waals surface area contributed by atoms with Gasteiger partial charge in [-0.25, -0.2) is 0 Å². The minimum atomic E-state index is -0.196. The molecular formula is C12H10INO3. The molecule has 0 fully saturated rings. The number of ketones is 2. The first kappa shape index (κ1) is 12.3. The van der Waals surface area contributed by atoms with Gasteiger partial charge < -0.3 is 10.4 Å². The van der Waals surface area contributed by atoms with Gasteiger partial charge in [-0.2, -0.15) is 0 Å². The molecule has 0 unspecified atom stereocenters. The van der Waals surface area contributed by atoms with Crippen LogP contribution in [0.4, 0.5) is 0 Å². The van der Waals surface area contributed by atoms with Gasteiger partial charge in [0.15, 0.2) is 0 Å². The summed E-state index contributed by atoms with van der Waals surface area (Å²) in [5.74, 6) is -0.348. The number of rotatable bonds is 3. The Morgan fingerprint density at radius 2 is 1.71 bits per heavy atom. The summed E-state index contributed by atoms with van der Waals surface area (Å²) in [5.41, 5.74) is 1.14. The first-order chi connectivity index (χ1) is 8.16. The maximum atomic E-state index is 12.1. The lowest BCUT2D eigenvalue weighted by Crippen LogP contribution is -2.30. The first-order valence-corrected chi connectivity index (χ1v) is 6.17. The number of aliphatic hydroxyl groups is 1. The summed E-state index contributed by atoms with van der Waals surface area (Å²) in [4.78, 5) is 24.1. The van der Waals surface area contributed by atoms with Gasteiger partial charge >= 0.3 is 0 Å². The predicted molar refractivity (Wildman–Crippen MR) is 71.2 cm³/mol. The van der Waals surface area contributed by atoms with E-state index in [-0.39, 0.29) is 30.4 Å². The van der Waals surface area contributed by atoms with Crippen LogP contribution in [0.5, 0.6) is 0 Å². The molecule has 0 heterocycles. The smallest absolute Gasteiger partial charge is 0.210 e. The molecule has 5 heteroatoms. The summed E-state index contributed by atoms with van der Waals surface area (Å²) in [6.45, 7) is 0.166. The Morgan fingerprint density at radius 3 is 2.29 bits per heavy atom. The molecule has 2 rings (SSSR count). The summed E-state index contributed by atoms with van der Waals surface area (Å²) in [5, 5.41) is 11.5. The van der Waals surface area contributed by atoms with Gasteiger partial charge in [0, 0.05) is 17.7 Å². The van der Waals surface area contributed by atoms with Crippen molar-refractivity contribution in [2.75, 3.05) is 13.2 Å². The Kier molecular flexibility index (Phi) is 3.58. The van der Waals surface area contributed by atoms with Crippen LogP contribution < -0.4 is 5.32 Å². The van der Waals surface area contributed by atoms with Gasteiger partial charge in [0.2, 0.25) is 11.6 Å². The summed E-state index contributed by atoms with van der Waals surface area (Å²) in [6, 6.07) is 6.75. The molecule has 17 heavy (non-hydrogen) atoms. The minimum absolute atomic E-state index is 0.0868. The number of allylic oxidation sites excluding steroid dienone is 2. The van der Waals surface area contributed by atoms with Crippen LogP contribution in [-0.2, 0) is 0 Å². The van der Waals surface area contributed by atoms with Crippen molar-refractivity contribution in [1.82, 2.24) is 5.32 Å². The molecule has 2 N–H and O–H groups in total. The molecule has 0 saturated carbocycles. The highest BCUT2D eigenvalue weighted by Crippen LogP contribution is 2.28. The van der Waals surface area contributed by atoms with Crippen molar-refractivity contribution in [3.63, 3.8) is 0 Å². The second-order valence-electron chi connectivity index (χ2n) is 3.54. The van der Waals surface area contributed by atoms with Gasteiger partial charge in [-0.1, -0.05) is 24.3 Å². The molecule has 0 amide bonds. The third-order valence-corrected chi connectivity index (χ3v) is 3.51. The number of benzene rings is 1. The van der Waals surface area contributed by atoms with E-state index in [1.165, 1.54) is 0 Å². The predicted octanol–water partition coefficient (Wildman–Crippen LogP) is 1.29. The lowest BCUT2D eigenvalue weighted by Gasteiger charge is -2.18. The molecule has 0 radical (unpaired) electrons. The van der Waals surface area contributed by atoms with Gasteiger partial charge in [0.25, 0.3) is 0 Å². The zero-order chi connectivity index (χ0) is 12.4. The van der Waals surface area contributed by atoms with E-state index < -0.39 is 0 Å². The monoisotopic (exact) mass is 343 g/mol. The van der Waals surface area contributed by atoms with Crippen molar-refractivity contribution in [2.24, 2.45) is 0 Å². The van der Waals surface area contributed by atoms with Gasteiger partial charge in [-0.15, -0.1) is 0 Å². The first-order valence-electron chi connectivity index (χ1n) is 5.09. The molecule has 0 saturated heterocycles. The van der Waals surface area contributed by atoms with E-state index >= 15 is 0 Å². The third-order valence-electron chi connectivity index (χ3n) is 2.48. The fourth-order valence-electron chi connectivity index (χ4n) is 1.68. The molecule has 0 aliphatic heterocycles. The number of nitrogens with one attached hydrogen (secondary N) is 1. The highest BCUT2D eigenvalue weighted by molar-refractivity contribution is 14.1. The third kappa shape index (κ3) is 2.12. The molecule has 1 aromatic carbocycles. The van der Waals surface area contributed by atoms with Crippen molar-refractivity contribution < 1.29 is 14.7 Å². The van der Waals surface area contributed by atoms with Crippen LogP contribution in [0.1, 0.15) is 20.7 Å². The average molecular weight is 343 g/mol. The number of carbonyl (C=O) groups is 2. The Labute approximate surface area is 112 Å². The van der Waals surface area contributed by atoms with Gasteiger partial charge in [0.05, 0.1) is 10.2 Å². The second-order valence-corrected chi connectivity index (χ2v) is 4.62. The van der Waals surface area contributed by atoms with E-state index in [0.717, 1.165) is 0 Å². The number of fused-ring (bicyclic) bond motifs is 1. The Balaban J connectivity index is 2.47. The molecule has 1 aliphatic rings. The number of hydrogen-bond acceptors (Lipinski definition) is 4. The van der Waals surface area contributed by atoms with Crippen LogP contribution in [-0.4, -0.2) is 29.8 Å². The molecular weight excluding hydrogens is 333 g/mol. The number of carbonyl (C=O) groups excluding carboxylic acids is 2. The normalized spacial score (nSPS) is 14.9. The molecule has 0 bridgehead atoms. The summed E-state index contributed by atoms with van der Waals surface area (Å²) < 4.78 is 0.375. The molecule has 1 aliphatic carbocycles. The van der Waals surface area contributed by atoms with Crippen LogP contribution in [0.25, 0.3) is 0 Å². The van der Waals surface area contributed by atoms with Gasteiger partial charge in [0.1, 0.15) is 5.70 Å². The van der Waals surface area contributed by atoms with Crippen LogP contribution in [0.2, 0.25) is 0 Å². The number of Topliss-reactive ketones (excluding diaryl/α,β-unsaturated/α-hetero) is 2. The van der Waals surface area contributed by atoms with Gasteiger partial charge in [-0.05, 0) is 22.6 Å². The van der Waals surface area contributed by atoms with Crippen LogP contribution in [0.15, 0.2) is 33.5 Å². The van der Waals surface area contributed by atoms with Crippen molar-refractivity contribution in [3.8, 4) is 0 Å². The summed E-state index contributed by atoms with van der Waals surface area (Å²) in [7, 11) is 0. The zero-order valence-corrected chi connectivity index (χ0v) is 11.0. The average Bonchev–Trinajstić information content (AvgIpc) is 2.36. The molecule has 1 aromatic rings. The fraction of sp³-hybridized carbons (Fsp3) is 0.167. The lowest BCUT2D eigenvalue weighted by molar-refractivity contribution is 0.0976. The van der Waals surface area contributed by atoms with Crippen LogP contribution in [0, 0.1) is 0 Å². The number of aliphatic hydroxyl groups excluding tert-OH is 1. The number of hydrogen-bond donors (Lipinski definition) is 2. The highest BCUT2D eigenvalue weighted by Gasteiger charge is 2.30. The van der Waals surface area contributed by atoms with E-state index in [0.29, 0.717) is 14.7 Å². The summed E-state index contributed by atoms with van der Waals surface area (Å²) >= 11 is 1.86. The standard InChI is InChI=1S/C12H10INO3/c13-9-10(14-5-6-15)12(17)8-4-2-1-3-7(8)11(9)16/h1-4,14-15H,5-6H2. The molecule has 0 aromatic heterocycles. The van der Waals surface area contributed by atoms with Crippen molar-refractivity contribution in [1.29, 1.82) is 0 Å². The quantitative estimate of drug-likeness (QED) is 0.812. The number of halogens is 1. The lowest BCUT2D eigenvalue weighted by atomic mass is 9.93. The maximum Gasteiger partial charge on any atom is 0.210 e. The highest BCUT2D eigenvalue weighted by atomic mass is 127. The van der Waals surface area contributed by atoms with E-state index in [9.17, 15) is 9.59 Å². The molecule has 4 nitrogen and oxygen atoms in total. The van der Waals surface area contributed by atoms with Crippen LogP contribution in [0.3, 0.4) is 0 Å². The van der Waals surface area contributed by atoms with Crippen LogP contribution >= 0.6 is 22.6 Å². The zero-order valence-electron chi connectivity index (χ0n) is 8.87. The Hall–Kier alpha value is -1.21. The SMILES string of the molecule is O=C1C(I)=C(NCCO)C(=O)c2ccccc21. The maximum absolute atomic E-state index is 12.1.